The third kappa shape index (κ3) is 3.10. The molecule has 2 aromatic carbocycles. The van der Waals surface area contributed by atoms with Crippen molar-refractivity contribution in [2.75, 3.05) is 24.5 Å². The van der Waals surface area contributed by atoms with Gasteiger partial charge in [0.1, 0.15) is 0 Å². The van der Waals surface area contributed by atoms with E-state index in [1.807, 2.05) is 66.3 Å². The number of anilines is 1. The lowest BCUT2D eigenvalue weighted by atomic mass is 9.97. The molecule has 1 spiro atoms. The topological polar surface area (TPSA) is 92.2 Å². The average Bonchev–Trinajstić information content (AvgIpc) is 3.43. The summed E-state index contributed by atoms with van der Waals surface area (Å²) in [5.41, 5.74) is 3.80. The number of para-hydroxylation sites is 2. The summed E-state index contributed by atoms with van der Waals surface area (Å²) >= 11 is 0. The minimum absolute atomic E-state index is 0.154. The van der Waals surface area contributed by atoms with Gasteiger partial charge in [-0.25, -0.2) is 9.97 Å². The first-order valence-corrected chi connectivity index (χ1v) is 11.9. The maximum atomic E-state index is 13.3. The number of hydrogen-bond acceptors (Lipinski definition) is 6. The molecule has 2 aromatic heterocycles. The van der Waals surface area contributed by atoms with Crippen LogP contribution >= 0.6 is 0 Å². The van der Waals surface area contributed by atoms with Crippen molar-refractivity contribution >= 4 is 50.7 Å². The molecule has 3 aliphatic rings. The van der Waals surface area contributed by atoms with Crippen molar-refractivity contribution in [3.05, 3.63) is 66.0 Å². The maximum absolute atomic E-state index is 13.3. The quantitative estimate of drug-likeness (QED) is 0.453. The van der Waals surface area contributed by atoms with Gasteiger partial charge in [-0.05, 0) is 25.0 Å². The van der Waals surface area contributed by atoms with Crippen LogP contribution in [0, 0.1) is 0 Å². The second-order valence-electron chi connectivity index (χ2n) is 9.72. The first-order chi connectivity index (χ1) is 17.0. The van der Waals surface area contributed by atoms with Gasteiger partial charge >= 0.3 is 0 Å². The lowest BCUT2D eigenvalue weighted by molar-refractivity contribution is -0.122. The van der Waals surface area contributed by atoms with Crippen LogP contribution in [-0.4, -0.2) is 51.5 Å². The predicted molar refractivity (Wildman–Crippen MR) is 135 cm³/mol. The molecule has 7 rings (SSSR count). The SMILES string of the molecule is Cn1cc(C2=C(c3nc(N4CCNC5(CC5)C4)nc4ccccc34)C(=O)NC2=O)c2ccccc21. The number of rotatable bonds is 3. The van der Waals surface area contributed by atoms with Gasteiger partial charge in [0.15, 0.2) is 0 Å². The number of carbonyl (C=O) groups excluding carboxylic acids is 2. The summed E-state index contributed by atoms with van der Waals surface area (Å²) < 4.78 is 1.98. The van der Waals surface area contributed by atoms with Gasteiger partial charge in [0, 0.05) is 60.3 Å². The summed E-state index contributed by atoms with van der Waals surface area (Å²) in [5, 5.41) is 7.82. The van der Waals surface area contributed by atoms with Gasteiger partial charge in [0.25, 0.3) is 11.8 Å². The third-order valence-electron chi connectivity index (χ3n) is 7.44. The van der Waals surface area contributed by atoms with Gasteiger partial charge in [-0.15, -0.1) is 0 Å². The van der Waals surface area contributed by atoms with Crippen LogP contribution in [0.4, 0.5) is 5.95 Å². The zero-order valence-corrected chi connectivity index (χ0v) is 19.3. The van der Waals surface area contributed by atoms with Crippen LogP contribution in [0.5, 0.6) is 0 Å². The molecule has 0 atom stereocenters. The zero-order chi connectivity index (χ0) is 23.7. The van der Waals surface area contributed by atoms with E-state index in [4.69, 9.17) is 9.97 Å². The van der Waals surface area contributed by atoms with E-state index in [2.05, 4.69) is 15.5 Å². The van der Waals surface area contributed by atoms with E-state index >= 15 is 0 Å². The third-order valence-corrected chi connectivity index (χ3v) is 7.44. The van der Waals surface area contributed by atoms with Crippen LogP contribution < -0.4 is 15.5 Å². The van der Waals surface area contributed by atoms with Crippen molar-refractivity contribution in [2.45, 2.75) is 18.4 Å². The highest BCUT2D eigenvalue weighted by Gasteiger charge is 2.46. The smallest absolute Gasteiger partial charge is 0.261 e. The van der Waals surface area contributed by atoms with E-state index in [0.29, 0.717) is 22.8 Å². The molecule has 2 N–H and O–H groups in total. The fourth-order valence-electron chi connectivity index (χ4n) is 5.49. The highest BCUT2D eigenvalue weighted by Crippen LogP contribution is 2.40. The van der Waals surface area contributed by atoms with Crippen LogP contribution in [0.1, 0.15) is 24.1 Å². The number of piperazine rings is 1. The summed E-state index contributed by atoms with van der Waals surface area (Å²) in [6.07, 6.45) is 4.21. The molecular formula is C27H24N6O2. The number of aryl methyl sites for hydroxylation is 1. The second kappa shape index (κ2) is 7.23. The molecule has 35 heavy (non-hydrogen) atoms. The molecule has 8 heteroatoms. The summed E-state index contributed by atoms with van der Waals surface area (Å²) in [7, 11) is 1.94. The molecule has 1 saturated heterocycles. The number of nitrogens with zero attached hydrogens (tertiary/aromatic N) is 4. The van der Waals surface area contributed by atoms with E-state index in [-0.39, 0.29) is 5.54 Å². The van der Waals surface area contributed by atoms with Gasteiger partial charge in [0.05, 0.1) is 22.4 Å². The summed E-state index contributed by atoms with van der Waals surface area (Å²) in [4.78, 5) is 38.5. The van der Waals surface area contributed by atoms with Crippen LogP contribution in [0.15, 0.2) is 54.7 Å². The fraction of sp³-hybridized carbons (Fsp3) is 0.259. The van der Waals surface area contributed by atoms with Crippen LogP contribution in [0.3, 0.4) is 0 Å². The lowest BCUT2D eigenvalue weighted by Gasteiger charge is -2.34. The first-order valence-electron chi connectivity index (χ1n) is 11.9. The average molecular weight is 465 g/mol. The van der Waals surface area contributed by atoms with Crippen LogP contribution in [0.25, 0.3) is 33.0 Å². The number of hydrogen-bond donors (Lipinski definition) is 2. The van der Waals surface area contributed by atoms with Crippen molar-refractivity contribution in [2.24, 2.45) is 7.05 Å². The minimum atomic E-state index is -0.424. The molecule has 2 amide bonds. The Morgan fingerprint density at radius 1 is 0.914 bits per heavy atom. The molecule has 0 radical (unpaired) electrons. The molecule has 2 fully saturated rings. The van der Waals surface area contributed by atoms with Crippen molar-refractivity contribution in [3.8, 4) is 0 Å². The van der Waals surface area contributed by atoms with Gasteiger partial charge in [-0.3, -0.25) is 14.9 Å². The monoisotopic (exact) mass is 464 g/mol. The van der Waals surface area contributed by atoms with Crippen molar-refractivity contribution in [1.29, 1.82) is 0 Å². The van der Waals surface area contributed by atoms with Gasteiger partial charge in [-0.2, -0.15) is 0 Å². The van der Waals surface area contributed by atoms with Gasteiger partial charge < -0.3 is 14.8 Å². The van der Waals surface area contributed by atoms with Crippen molar-refractivity contribution in [1.82, 2.24) is 25.2 Å². The Bertz CT molecular complexity index is 1600. The Balaban J connectivity index is 1.48. The number of amides is 2. The maximum Gasteiger partial charge on any atom is 0.261 e. The highest BCUT2D eigenvalue weighted by atomic mass is 16.2. The Hall–Kier alpha value is -4.04. The lowest BCUT2D eigenvalue weighted by Crippen LogP contribution is -2.53. The standard InChI is InChI=1S/C27H24N6O2/c1-32-14-18(16-6-3-5-9-20(16)32)21-22(25(35)31-24(21)34)23-17-7-2-4-8-19(17)29-26(30-23)33-13-12-28-27(15-33)10-11-27/h2-9,14,28H,10-13,15H2,1H3,(H,31,34,35). The van der Waals surface area contributed by atoms with E-state index in [9.17, 15) is 9.59 Å². The predicted octanol–water partition coefficient (Wildman–Crippen LogP) is 2.63. The molecule has 2 aliphatic heterocycles. The number of aromatic nitrogens is 3. The molecule has 4 heterocycles. The highest BCUT2D eigenvalue weighted by molar-refractivity contribution is 6.50. The Morgan fingerprint density at radius 2 is 1.66 bits per heavy atom. The molecule has 0 unspecified atom stereocenters. The van der Waals surface area contributed by atoms with Gasteiger partial charge in [0.2, 0.25) is 5.95 Å². The molecule has 1 aliphatic carbocycles. The van der Waals surface area contributed by atoms with Gasteiger partial charge in [-0.1, -0.05) is 36.4 Å². The molecule has 8 nitrogen and oxygen atoms in total. The Morgan fingerprint density at radius 3 is 2.49 bits per heavy atom. The summed E-state index contributed by atoms with van der Waals surface area (Å²) in [5.74, 6) is -0.222. The number of fused-ring (bicyclic) bond motifs is 2. The number of imide groups is 1. The van der Waals surface area contributed by atoms with E-state index in [0.717, 1.165) is 59.8 Å². The molecule has 1 saturated carbocycles. The molecular weight excluding hydrogens is 440 g/mol. The van der Waals surface area contributed by atoms with Crippen molar-refractivity contribution in [3.63, 3.8) is 0 Å². The van der Waals surface area contributed by atoms with E-state index in [1.165, 1.54) is 0 Å². The fourth-order valence-corrected chi connectivity index (χ4v) is 5.49. The Kier molecular flexibility index (Phi) is 4.20. The number of benzene rings is 2. The van der Waals surface area contributed by atoms with E-state index in [1.54, 1.807) is 0 Å². The van der Waals surface area contributed by atoms with Crippen LogP contribution in [-0.2, 0) is 16.6 Å². The first kappa shape index (κ1) is 20.3. The Labute approximate surface area is 201 Å². The largest absolute Gasteiger partial charge is 0.350 e. The second-order valence-corrected chi connectivity index (χ2v) is 9.72. The normalized spacial score (nSPS) is 19.3. The van der Waals surface area contributed by atoms with Crippen LogP contribution in [0.2, 0.25) is 0 Å². The summed E-state index contributed by atoms with van der Waals surface area (Å²) in [6, 6.07) is 15.6. The van der Waals surface area contributed by atoms with E-state index < -0.39 is 11.8 Å². The number of nitrogens with one attached hydrogen (secondary N) is 2. The zero-order valence-electron chi connectivity index (χ0n) is 19.3. The minimum Gasteiger partial charge on any atom is -0.350 e. The summed E-state index contributed by atoms with van der Waals surface area (Å²) in [6.45, 7) is 2.50. The number of carbonyl (C=O) groups is 2. The molecule has 4 aromatic rings. The molecule has 174 valence electrons. The molecule has 0 bridgehead atoms. The van der Waals surface area contributed by atoms with Crippen molar-refractivity contribution < 1.29 is 9.59 Å².